The van der Waals surface area contributed by atoms with Crippen molar-refractivity contribution in [2.24, 2.45) is 0 Å². The molecule has 0 unspecified atom stereocenters. The second-order valence-corrected chi connectivity index (χ2v) is 8.35. The fourth-order valence-corrected chi connectivity index (χ4v) is 4.64. The van der Waals surface area contributed by atoms with Gasteiger partial charge in [-0.1, -0.05) is 12.8 Å². The molecule has 0 bridgehead atoms. The Morgan fingerprint density at radius 3 is 2.83 bits per heavy atom. The van der Waals surface area contributed by atoms with E-state index in [9.17, 15) is 4.79 Å². The molecule has 6 nitrogen and oxygen atoms in total. The van der Waals surface area contributed by atoms with Crippen LogP contribution in [0.3, 0.4) is 0 Å². The fourth-order valence-electron chi connectivity index (χ4n) is 4.34. The molecule has 1 saturated heterocycles. The average molecular weight is 416 g/mol. The summed E-state index contributed by atoms with van der Waals surface area (Å²) < 4.78 is 11.0. The van der Waals surface area contributed by atoms with Crippen molar-refractivity contribution in [3.05, 3.63) is 40.2 Å². The van der Waals surface area contributed by atoms with Crippen molar-refractivity contribution < 1.29 is 9.47 Å². The number of methoxy groups -OCH3 is 1. The Labute approximate surface area is 176 Å². The molecular weight excluding hydrogens is 386 g/mol. The van der Waals surface area contributed by atoms with Crippen LogP contribution < -0.4 is 15.6 Å². The highest BCUT2D eigenvalue weighted by Gasteiger charge is 2.26. The minimum Gasteiger partial charge on any atom is -0.497 e. The number of H-pyrrole nitrogens is 1. The van der Waals surface area contributed by atoms with Crippen LogP contribution in [0.4, 0.5) is 0 Å². The lowest BCUT2D eigenvalue weighted by Gasteiger charge is -2.32. The number of aromatic nitrogens is 1. The monoisotopic (exact) mass is 415 g/mol. The zero-order valence-corrected chi connectivity index (χ0v) is 17.7. The number of hydrogen-bond donors (Lipinski definition) is 2. The first-order chi connectivity index (χ1) is 14.1. The third-order valence-electron chi connectivity index (χ3n) is 6.00. The minimum absolute atomic E-state index is 0.0734. The average Bonchev–Trinajstić information content (AvgIpc) is 3.44. The predicted molar refractivity (Wildman–Crippen MR) is 118 cm³/mol. The number of fused-ring (bicyclic) bond motifs is 1. The van der Waals surface area contributed by atoms with Gasteiger partial charge in [0.05, 0.1) is 25.3 Å². The first-order valence-electron chi connectivity index (χ1n) is 10.5. The summed E-state index contributed by atoms with van der Waals surface area (Å²) in [7, 11) is 1.62. The van der Waals surface area contributed by atoms with Crippen LogP contribution in [0.15, 0.2) is 29.1 Å². The van der Waals surface area contributed by atoms with Crippen molar-refractivity contribution >= 4 is 28.2 Å². The first-order valence-corrected chi connectivity index (χ1v) is 10.9. The fraction of sp³-hybridized carbons (Fsp3) is 0.545. The Hall–Kier alpha value is -2.12. The Morgan fingerprint density at radius 1 is 1.28 bits per heavy atom. The van der Waals surface area contributed by atoms with Crippen molar-refractivity contribution in [1.82, 2.24) is 15.2 Å². The summed E-state index contributed by atoms with van der Waals surface area (Å²) in [6.45, 7) is 2.08. The zero-order valence-electron chi connectivity index (χ0n) is 16.9. The van der Waals surface area contributed by atoms with E-state index in [2.05, 4.69) is 15.2 Å². The van der Waals surface area contributed by atoms with Gasteiger partial charge in [-0.25, -0.2) is 0 Å². The van der Waals surface area contributed by atoms with Gasteiger partial charge in [0.1, 0.15) is 5.75 Å². The molecule has 2 aromatic rings. The van der Waals surface area contributed by atoms with E-state index < -0.39 is 0 Å². The SMILES string of the molecule is COc1ccc2cc(CN(C(=S)NC[C@@H]3CCCO3)C3CCCC3)c(=O)[nH]c2c1. The summed E-state index contributed by atoms with van der Waals surface area (Å²) in [6, 6.07) is 8.08. The molecule has 29 heavy (non-hydrogen) atoms. The summed E-state index contributed by atoms with van der Waals surface area (Å²) in [5.74, 6) is 0.730. The zero-order chi connectivity index (χ0) is 20.2. The number of aromatic amines is 1. The van der Waals surface area contributed by atoms with E-state index in [1.807, 2.05) is 24.3 Å². The van der Waals surface area contributed by atoms with Crippen LogP contribution in [-0.4, -0.2) is 47.4 Å². The molecule has 7 heteroatoms. The molecule has 2 N–H and O–H groups in total. The summed E-state index contributed by atoms with van der Waals surface area (Å²) in [4.78, 5) is 18.0. The molecule has 0 radical (unpaired) electrons. The van der Waals surface area contributed by atoms with E-state index in [1.165, 1.54) is 12.8 Å². The van der Waals surface area contributed by atoms with Gasteiger partial charge in [-0.05, 0) is 61.5 Å². The molecule has 1 aliphatic heterocycles. The molecule has 0 amide bonds. The lowest BCUT2D eigenvalue weighted by molar-refractivity contribution is 0.113. The quantitative estimate of drug-likeness (QED) is 0.706. The van der Waals surface area contributed by atoms with E-state index in [0.29, 0.717) is 12.6 Å². The van der Waals surface area contributed by atoms with Gasteiger partial charge in [0.2, 0.25) is 0 Å². The van der Waals surface area contributed by atoms with Gasteiger partial charge in [0, 0.05) is 30.8 Å². The predicted octanol–water partition coefficient (Wildman–Crippen LogP) is 3.33. The number of nitrogens with zero attached hydrogens (tertiary/aromatic N) is 1. The minimum atomic E-state index is -0.0734. The highest BCUT2D eigenvalue weighted by Crippen LogP contribution is 2.26. The number of ether oxygens (including phenoxy) is 2. The molecule has 1 aromatic carbocycles. The van der Waals surface area contributed by atoms with Gasteiger partial charge < -0.3 is 24.7 Å². The number of nitrogens with one attached hydrogen (secondary N) is 2. The molecule has 4 rings (SSSR count). The summed E-state index contributed by atoms with van der Waals surface area (Å²) in [5, 5.41) is 5.11. The molecule has 1 aliphatic carbocycles. The smallest absolute Gasteiger partial charge is 0.253 e. The van der Waals surface area contributed by atoms with E-state index in [0.717, 1.165) is 66.2 Å². The molecule has 1 saturated carbocycles. The number of rotatable bonds is 6. The maximum Gasteiger partial charge on any atom is 0.253 e. The van der Waals surface area contributed by atoms with Crippen LogP contribution >= 0.6 is 12.2 Å². The van der Waals surface area contributed by atoms with Crippen molar-refractivity contribution in [3.8, 4) is 5.75 Å². The molecule has 1 atom stereocenters. The topological polar surface area (TPSA) is 66.6 Å². The Morgan fingerprint density at radius 2 is 2.10 bits per heavy atom. The Bertz CT molecular complexity index is 917. The second kappa shape index (κ2) is 9.13. The van der Waals surface area contributed by atoms with Gasteiger partial charge in [-0.15, -0.1) is 0 Å². The van der Waals surface area contributed by atoms with Gasteiger partial charge in [0.25, 0.3) is 5.56 Å². The molecule has 2 aliphatic rings. The van der Waals surface area contributed by atoms with Crippen LogP contribution in [-0.2, 0) is 11.3 Å². The van der Waals surface area contributed by atoms with E-state index in [4.69, 9.17) is 21.7 Å². The van der Waals surface area contributed by atoms with Gasteiger partial charge in [-0.3, -0.25) is 4.79 Å². The highest BCUT2D eigenvalue weighted by molar-refractivity contribution is 7.80. The van der Waals surface area contributed by atoms with Gasteiger partial charge in [-0.2, -0.15) is 0 Å². The Kier molecular flexibility index (Phi) is 6.35. The normalized spacial score (nSPS) is 19.6. The number of thiocarbonyl (C=S) groups is 1. The van der Waals surface area contributed by atoms with Crippen LogP contribution in [0.1, 0.15) is 44.1 Å². The van der Waals surface area contributed by atoms with Crippen LogP contribution in [0.2, 0.25) is 0 Å². The highest BCUT2D eigenvalue weighted by atomic mass is 32.1. The van der Waals surface area contributed by atoms with Crippen molar-refractivity contribution in [1.29, 1.82) is 0 Å². The molecule has 156 valence electrons. The second-order valence-electron chi connectivity index (χ2n) is 7.96. The van der Waals surface area contributed by atoms with Crippen molar-refractivity contribution in [3.63, 3.8) is 0 Å². The van der Waals surface area contributed by atoms with Crippen LogP contribution in [0.25, 0.3) is 10.9 Å². The third-order valence-corrected chi connectivity index (χ3v) is 6.38. The van der Waals surface area contributed by atoms with Crippen LogP contribution in [0, 0.1) is 0 Å². The Balaban J connectivity index is 1.54. The van der Waals surface area contributed by atoms with E-state index in [1.54, 1.807) is 7.11 Å². The van der Waals surface area contributed by atoms with Crippen molar-refractivity contribution in [2.45, 2.75) is 57.2 Å². The maximum atomic E-state index is 12.8. The lowest BCUT2D eigenvalue weighted by atomic mass is 10.1. The van der Waals surface area contributed by atoms with Crippen LogP contribution in [0.5, 0.6) is 5.75 Å². The molecule has 0 spiro atoms. The third kappa shape index (κ3) is 4.73. The van der Waals surface area contributed by atoms with E-state index in [-0.39, 0.29) is 11.7 Å². The number of hydrogen-bond acceptors (Lipinski definition) is 4. The molecule has 2 heterocycles. The molecule has 1 aromatic heterocycles. The largest absolute Gasteiger partial charge is 0.497 e. The number of benzene rings is 1. The molecule has 2 fully saturated rings. The summed E-state index contributed by atoms with van der Waals surface area (Å²) >= 11 is 5.75. The number of pyridine rings is 1. The first kappa shape index (κ1) is 20.2. The maximum absolute atomic E-state index is 12.8. The standard InChI is InChI=1S/C22H29N3O3S/c1-27-18-9-8-15-11-16(21(26)24-20(15)12-18)14-25(17-5-2-3-6-17)22(29)23-13-19-7-4-10-28-19/h8-9,11-12,17,19H,2-7,10,13-14H2,1H3,(H,23,29)(H,24,26)/t19-/m0/s1. The van der Waals surface area contributed by atoms with Gasteiger partial charge in [0.15, 0.2) is 5.11 Å². The lowest BCUT2D eigenvalue weighted by Crippen LogP contribution is -2.47. The van der Waals surface area contributed by atoms with E-state index >= 15 is 0 Å². The van der Waals surface area contributed by atoms with Gasteiger partial charge >= 0.3 is 0 Å². The summed E-state index contributed by atoms with van der Waals surface area (Å²) in [6.07, 6.45) is 7.08. The summed E-state index contributed by atoms with van der Waals surface area (Å²) in [5.41, 5.74) is 1.44. The van der Waals surface area contributed by atoms with Crippen molar-refractivity contribution in [2.75, 3.05) is 20.3 Å². The molecular formula is C22H29N3O3S.